The van der Waals surface area contributed by atoms with E-state index in [4.69, 9.17) is 4.74 Å². The topological polar surface area (TPSA) is 9.23 Å². The summed E-state index contributed by atoms with van der Waals surface area (Å²) in [4.78, 5) is 0.522. The number of alkyl halides is 1. The molecule has 1 heterocycles. The molecule has 0 aliphatic carbocycles. The molecule has 0 bridgehead atoms. The normalized spacial score (nSPS) is 12.5. The van der Waals surface area contributed by atoms with Crippen LogP contribution in [0.5, 0.6) is 5.75 Å². The zero-order chi connectivity index (χ0) is 13.3. The number of hydrogen-bond acceptors (Lipinski definition) is 2. The van der Waals surface area contributed by atoms with Crippen LogP contribution in [0.25, 0.3) is 0 Å². The third kappa shape index (κ3) is 2.42. The largest absolute Gasteiger partial charge is 0.496 e. The minimum Gasteiger partial charge on any atom is -0.496 e. The maximum absolute atomic E-state index is 13.8. The van der Waals surface area contributed by atoms with Crippen molar-refractivity contribution < 1.29 is 13.5 Å². The summed E-state index contributed by atoms with van der Waals surface area (Å²) >= 11 is 4.91. The van der Waals surface area contributed by atoms with Gasteiger partial charge in [-0.2, -0.15) is 0 Å². The van der Waals surface area contributed by atoms with E-state index < -0.39 is 11.6 Å². The average molecular weight is 333 g/mol. The molecule has 0 spiro atoms. The summed E-state index contributed by atoms with van der Waals surface area (Å²) in [5.74, 6) is -0.396. The number of thiophene rings is 1. The first kappa shape index (κ1) is 13.5. The highest BCUT2D eigenvalue weighted by Crippen LogP contribution is 2.41. The van der Waals surface area contributed by atoms with Gasteiger partial charge in [0.2, 0.25) is 0 Å². The molecule has 1 aromatic carbocycles. The van der Waals surface area contributed by atoms with E-state index in [0.717, 1.165) is 10.9 Å². The van der Waals surface area contributed by atoms with E-state index in [2.05, 4.69) is 15.9 Å². The van der Waals surface area contributed by atoms with Crippen molar-refractivity contribution in [1.82, 2.24) is 0 Å². The number of rotatable bonds is 3. The standard InChI is InChI=1S/C13H11BrF2OS/c1-7-5-8(10(16)6-9(7)15)12(14)13-11(17-2)3-4-18-13/h3-6,12H,1-2H3. The van der Waals surface area contributed by atoms with Crippen molar-refractivity contribution in [2.75, 3.05) is 7.11 Å². The number of benzene rings is 1. The van der Waals surface area contributed by atoms with Gasteiger partial charge in [0, 0.05) is 11.6 Å². The summed E-state index contributed by atoms with van der Waals surface area (Å²) in [5.41, 5.74) is 0.834. The maximum atomic E-state index is 13.8. The van der Waals surface area contributed by atoms with Gasteiger partial charge in [0.1, 0.15) is 17.4 Å². The lowest BCUT2D eigenvalue weighted by Crippen LogP contribution is -1.99. The van der Waals surface area contributed by atoms with E-state index in [1.807, 2.05) is 11.4 Å². The van der Waals surface area contributed by atoms with E-state index in [0.29, 0.717) is 16.9 Å². The van der Waals surface area contributed by atoms with Crippen LogP contribution in [0.2, 0.25) is 0 Å². The van der Waals surface area contributed by atoms with Crippen LogP contribution in [-0.2, 0) is 0 Å². The molecule has 0 saturated heterocycles. The van der Waals surface area contributed by atoms with Gasteiger partial charge in [-0.15, -0.1) is 11.3 Å². The first-order valence-corrected chi connectivity index (χ1v) is 7.05. The number of methoxy groups -OCH3 is 1. The van der Waals surface area contributed by atoms with Crippen molar-refractivity contribution in [3.63, 3.8) is 0 Å². The van der Waals surface area contributed by atoms with Gasteiger partial charge in [0.05, 0.1) is 16.8 Å². The molecule has 0 N–H and O–H groups in total. The van der Waals surface area contributed by atoms with Crippen molar-refractivity contribution in [3.8, 4) is 5.75 Å². The molecule has 1 atom stereocenters. The van der Waals surface area contributed by atoms with E-state index in [1.54, 1.807) is 14.0 Å². The second kappa shape index (κ2) is 5.36. The number of halogens is 3. The lowest BCUT2D eigenvalue weighted by molar-refractivity contribution is 0.413. The predicted octanol–water partition coefficient (Wildman–Crippen LogP) is 4.83. The Kier molecular flexibility index (Phi) is 4.02. The highest BCUT2D eigenvalue weighted by atomic mass is 79.9. The van der Waals surface area contributed by atoms with E-state index in [-0.39, 0.29) is 4.83 Å². The number of ether oxygens (including phenoxy) is 1. The van der Waals surface area contributed by atoms with Crippen molar-refractivity contribution in [1.29, 1.82) is 0 Å². The zero-order valence-corrected chi connectivity index (χ0v) is 12.2. The van der Waals surface area contributed by atoms with Crippen LogP contribution in [0.4, 0.5) is 8.78 Å². The summed E-state index contributed by atoms with van der Waals surface area (Å²) < 4.78 is 32.2. The zero-order valence-electron chi connectivity index (χ0n) is 9.84. The molecule has 5 heteroatoms. The molecule has 0 amide bonds. The van der Waals surface area contributed by atoms with Crippen LogP contribution in [0.15, 0.2) is 23.6 Å². The minimum atomic E-state index is -0.560. The number of aryl methyl sites for hydroxylation is 1. The SMILES string of the molecule is COc1ccsc1C(Br)c1cc(C)c(F)cc1F. The summed E-state index contributed by atoms with van der Waals surface area (Å²) in [7, 11) is 1.57. The average Bonchev–Trinajstić information content (AvgIpc) is 2.81. The Morgan fingerprint density at radius 1 is 1.28 bits per heavy atom. The molecule has 0 aliphatic rings. The molecule has 0 aliphatic heterocycles. The Balaban J connectivity index is 2.46. The smallest absolute Gasteiger partial charge is 0.134 e. The molecule has 0 fully saturated rings. The Morgan fingerprint density at radius 2 is 2.00 bits per heavy atom. The Hall–Kier alpha value is -0.940. The molecule has 0 radical (unpaired) electrons. The molecule has 1 aromatic heterocycles. The van der Waals surface area contributed by atoms with Crippen molar-refractivity contribution in [3.05, 3.63) is 51.2 Å². The van der Waals surface area contributed by atoms with Crippen molar-refractivity contribution >= 4 is 27.3 Å². The summed E-state index contributed by atoms with van der Waals surface area (Å²) in [6.45, 7) is 1.61. The van der Waals surface area contributed by atoms with Gasteiger partial charge in [0.25, 0.3) is 0 Å². The number of hydrogen-bond donors (Lipinski definition) is 0. The van der Waals surface area contributed by atoms with E-state index >= 15 is 0 Å². The van der Waals surface area contributed by atoms with Crippen LogP contribution in [0.3, 0.4) is 0 Å². The third-order valence-electron chi connectivity index (χ3n) is 2.66. The van der Waals surface area contributed by atoms with Crippen LogP contribution in [-0.4, -0.2) is 7.11 Å². The second-order valence-corrected chi connectivity index (χ2v) is 5.70. The van der Waals surface area contributed by atoms with Gasteiger partial charge in [0.15, 0.2) is 0 Å². The molecule has 1 unspecified atom stereocenters. The quantitative estimate of drug-likeness (QED) is 0.731. The first-order chi connectivity index (χ1) is 8.54. The van der Waals surface area contributed by atoms with E-state index in [1.165, 1.54) is 17.4 Å². The lowest BCUT2D eigenvalue weighted by Gasteiger charge is -2.13. The fourth-order valence-corrected chi connectivity index (χ4v) is 3.43. The van der Waals surface area contributed by atoms with Crippen LogP contribution >= 0.6 is 27.3 Å². The predicted molar refractivity (Wildman–Crippen MR) is 72.7 cm³/mol. The molecule has 18 heavy (non-hydrogen) atoms. The molecule has 2 rings (SSSR count). The maximum Gasteiger partial charge on any atom is 0.134 e. The summed E-state index contributed by atoms with van der Waals surface area (Å²) in [6, 6.07) is 4.25. The Bertz CT molecular complexity index is 568. The fraction of sp³-hybridized carbons (Fsp3) is 0.231. The van der Waals surface area contributed by atoms with E-state index in [9.17, 15) is 8.78 Å². The molecular weight excluding hydrogens is 322 g/mol. The summed E-state index contributed by atoms with van der Waals surface area (Å²) in [6.07, 6.45) is 0. The Morgan fingerprint density at radius 3 is 2.67 bits per heavy atom. The Labute approximate surface area is 117 Å². The minimum absolute atomic E-state index is 0.341. The van der Waals surface area contributed by atoms with Crippen LogP contribution < -0.4 is 4.74 Å². The molecule has 96 valence electrons. The highest BCUT2D eigenvalue weighted by Gasteiger charge is 2.21. The molecular formula is C13H11BrF2OS. The van der Waals surface area contributed by atoms with Gasteiger partial charge >= 0.3 is 0 Å². The second-order valence-electron chi connectivity index (χ2n) is 3.84. The van der Waals surface area contributed by atoms with Crippen LogP contribution in [0, 0.1) is 18.6 Å². The van der Waals surface area contributed by atoms with Gasteiger partial charge < -0.3 is 4.74 Å². The van der Waals surface area contributed by atoms with Crippen molar-refractivity contribution in [2.24, 2.45) is 0 Å². The van der Waals surface area contributed by atoms with Crippen molar-refractivity contribution in [2.45, 2.75) is 11.8 Å². The van der Waals surface area contributed by atoms with Gasteiger partial charge in [-0.05, 0) is 30.0 Å². The lowest BCUT2D eigenvalue weighted by atomic mass is 10.1. The third-order valence-corrected chi connectivity index (χ3v) is 4.88. The molecule has 2 aromatic rings. The van der Waals surface area contributed by atoms with Gasteiger partial charge in [-0.1, -0.05) is 15.9 Å². The first-order valence-electron chi connectivity index (χ1n) is 5.25. The van der Waals surface area contributed by atoms with Gasteiger partial charge in [-0.3, -0.25) is 0 Å². The van der Waals surface area contributed by atoms with Gasteiger partial charge in [-0.25, -0.2) is 8.78 Å². The summed E-state index contributed by atoms with van der Waals surface area (Å²) in [5, 5.41) is 1.87. The molecule has 0 saturated carbocycles. The highest BCUT2D eigenvalue weighted by molar-refractivity contribution is 9.09. The fourth-order valence-electron chi connectivity index (χ4n) is 1.68. The van der Waals surface area contributed by atoms with Crippen LogP contribution in [0.1, 0.15) is 20.8 Å². The molecule has 1 nitrogen and oxygen atoms in total. The monoisotopic (exact) mass is 332 g/mol.